The van der Waals surface area contributed by atoms with Crippen molar-refractivity contribution in [2.75, 3.05) is 24.6 Å². The van der Waals surface area contributed by atoms with Crippen molar-refractivity contribution >= 4 is 39.8 Å². The Morgan fingerprint density at radius 2 is 1.82 bits per heavy atom. The first-order valence-electron chi connectivity index (χ1n) is 8.34. The number of guanidine groups is 1. The molecule has 0 spiro atoms. The summed E-state index contributed by atoms with van der Waals surface area (Å²) >= 11 is 0. The van der Waals surface area contributed by atoms with E-state index in [2.05, 4.69) is 15.6 Å². The lowest BCUT2D eigenvalue weighted by Gasteiger charge is -2.20. The van der Waals surface area contributed by atoms with E-state index in [0.717, 1.165) is 12.5 Å². The van der Waals surface area contributed by atoms with Crippen molar-refractivity contribution in [2.45, 2.75) is 57.9 Å². The summed E-state index contributed by atoms with van der Waals surface area (Å²) in [6.07, 6.45) is 8.96. The second kappa shape index (κ2) is 9.95. The highest BCUT2D eigenvalue weighted by Gasteiger charge is 2.22. The summed E-state index contributed by atoms with van der Waals surface area (Å²) in [4.78, 5) is 4.67. The predicted molar refractivity (Wildman–Crippen MR) is 103 cm³/mol. The zero-order valence-electron chi connectivity index (χ0n) is 13.5. The number of sulfone groups is 1. The van der Waals surface area contributed by atoms with Crippen molar-refractivity contribution < 1.29 is 8.42 Å². The first-order chi connectivity index (χ1) is 10.1. The molecule has 2 aliphatic carbocycles. The molecule has 0 radical (unpaired) electrons. The molecule has 5 nitrogen and oxygen atoms in total. The maximum absolute atomic E-state index is 11.5. The molecule has 130 valence electrons. The van der Waals surface area contributed by atoms with Crippen LogP contribution in [0.3, 0.4) is 0 Å². The molecule has 2 saturated carbocycles. The Balaban J connectivity index is 0.00000242. The average Bonchev–Trinajstić information content (AvgIpc) is 3.29. The largest absolute Gasteiger partial charge is 0.355 e. The highest BCUT2D eigenvalue weighted by Crippen LogP contribution is 2.23. The van der Waals surface area contributed by atoms with Gasteiger partial charge in [0, 0.05) is 24.9 Å². The Hall–Kier alpha value is -0.0500. The molecule has 0 aromatic heterocycles. The van der Waals surface area contributed by atoms with E-state index < -0.39 is 9.84 Å². The number of aliphatic imine (C=N–C) groups is 1. The molecule has 0 saturated heterocycles. The van der Waals surface area contributed by atoms with Crippen molar-refractivity contribution in [3.63, 3.8) is 0 Å². The topological polar surface area (TPSA) is 70.6 Å². The first-order valence-corrected chi connectivity index (χ1v) is 10.2. The summed E-state index contributed by atoms with van der Waals surface area (Å²) in [5.41, 5.74) is 0. The van der Waals surface area contributed by atoms with Crippen LogP contribution in [0.1, 0.15) is 51.9 Å². The Kier molecular flexibility index (Phi) is 9.04. The minimum Gasteiger partial charge on any atom is -0.355 e. The lowest BCUT2D eigenvalue weighted by molar-refractivity contribution is 0.366. The van der Waals surface area contributed by atoms with E-state index in [1.165, 1.54) is 44.9 Å². The molecule has 2 aliphatic rings. The van der Waals surface area contributed by atoms with Gasteiger partial charge in [0.15, 0.2) is 15.8 Å². The lowest BCUT2D eigenvalue weighted by Crippen LogP contribution is -2.41. The SMILES string of the molecule is CCS(=O)(=O)CCNC(=NCC1CCCCC1)NC1CC1.I. The molecule has 2 fully saturated rings. The molecule has 2 N–H and O–H groups in total. The molecule has 0 atom stereocenters. The van der Waals surface area contributed by atoms with Crippen molar-refractivity contribution in [3.8, 4) is 0 Å². The fourth-order valence-corrected chi connectivity index (χ4v) is 3.33. The molecule has 0 bridgehead atoms. The zero-order valence-corrected chi connectivity index (χ0v) is 16.7. The normalized spacial score (nSPS) is 20.3. The van der Waals surface area contributed by atoms with E-state index >= 15 is 0 Å². The van der Waals surface area contributed by atoms with Gasteiger partial charge in [-0.15, -0.1) is 24.0 Å². The van der Waals surface area contributed by atoms with Crippen LogP contribution in [-0.4, -0.2) is 45.0 Å². The van der Waals surface area contributed by atoms with Crippen molar-refractivity contribution in [3.05, 3.63) is 0 Å². The quantitative estimate of drug-likeness (QED) is 0.360. The zero-order chi connectivity index (χ0) is 15.1. The summed E-state index contributed by atoms with van der Waals surface area (Å²) in [6.45, 7) is 3.00. The molecule has 2 rings (SSSR count). The van der Waals surface area contributed by atoms with E-state index in [1.54, 1.807) is 6.92 Å². The van der Waals surface area contributed by atoms with E-state index in [9.17, 15) is 8.42 Å². The van der Waals surface area contributed by atoms with Gasteiger partial charge in [-0.1, -0.05) is 26.2 Å². The van der Waals surface area contributed by atoms with Crippen LogP contribution in [0.4, 0.5) is 0 Å². The van der Waals surface area contributed by atoms with Gasteiger partial charge in [0.2, 0.25) is 0 Å². The van der Waals surface area contributed by atoms with Crippen LogP contribution in [0, 0.1) is 5.92 Å². The van der Waals surface area contributed by atoms with Gasteiger partial charge in [-0.05, 0) is 31.6 Å². The van der Waals surface area contributed by atoms with Crippen molar-refractivity contribution in [1.29, 1.82) is 0 Å². The molecular formula is C15H30IN3O2S. The van der Waals surface area contributed by atoms with Gasteiger partial charge in [0.1, 0.15) is 0 Å². The fourth-order valence-electron chi connectivity index (χ4n) is 2.63. The van der Waals surface area contributed by atoms with Gasteiger partial charge in [-0.25, -0.2) is 8.42 Å². The Morgan fingerprint density at radius 1 is 1.14 bits per heavy atom. The minimum atomic E-state index is -2.91. The van der Waals surface area contributed by atoms with Gasteiger partial charge in [0.25, 0.3) is 0 Å². The molecule has 0 aromatic carbocycles. The van der Waals surface area contributed by atoms with E-state index in [-0.39, 0.29) is 35.5 Å². The van der Waals surface area contributed by atoms with Crippen LogP contribution in [-0.2, 0) is 9.84 Å². The van der Waals surface area contributed by atoms with E-state index in [0.29, 0.717) is 18.5 Å². The molecule has 0 aliphatic heterocycles. The number of hydrogen-bond donors (Lipinski definition) is 2. The van der Waals surface area contributed by atoms with Crippen LogP contribution >= 0.6 is 24.0 Å². The Labute approximate surface area is 152 Å². The second-order valence-electron chi connectivity index (χ2n) is 6.28. The number of halogens is 1. The summed E-state index contributed by atoms with van der Waals surface area (Å²) in [5.74, 6) is 1.89. The third-order valence-electron chi connectivity index (χ3n) is 4.30. The summed E-state index contributed by atoms with van der Waals surface area (Å²) in [5, 5.41) is 6.56. The maximum Gasteiger partial charge on any atom is 0.191 e. The standard InChI is InChI=1S/C15H29N3O2S.HI/c1-2-21(19,20)11-10-16-15(18-14-8-9-14)17-12-13-6-4-3-5-7-13;/h13-14H,2-12H2,1H3,(H2,16,17,18);1H. The fraction of sp³-hybridized carbons (Fsp3) is 0.933. The second-order valence-corrected chi connectivity index (χ2v) is 8.75. The van der Waals surface area contributed by atoms with Crippen molar-refractivity contribution in [1.82, 2.24) is 10.6 Å². The average molecular weight is 443 g/mol. The van der Waals surface area contributed by atoms with E-state index in [4.69, 9.17) is 0 Å². The monoisotopic (exact) mass is 443 g/mol. The Bertz CT molecular complexity index is 444. The van der Waals surface area contributed by atoms with Gasteiger partial charge in [-0.3, -0.25) is 4.99 Å². The number of nitrogens with zero attached hydrogens (tertiary/aromatic N) is 1. The minimum absolute atomic E-state index is 0. The lowest BCUT2D eigenvalue weighted by atomic mass is 9.89. The summed E-state index contributed by atoms with van der Waals surface area (Å²) < 4.78 is 23.0. The molecular weight excluding hydrogens is 413 g/mol. The molecule has 22 heavy (non-hydrogen) atoms. The van der Waals surface area contributed by atoms with Crippen LogP contribution in [0.25, 0.3) is 0 Å². The molecule has 7 heteroatoms. The molecule has 0 amide bonds. The van der Waals surface area contributed by atoms with Crippen LogP contribution in [0.2, 0.25) is 0 Å². The number of hydrogen-bond acceptors (Lipinski definition) is 3. The molecule has 0 aromatic rings. The van der Waals surface area contributed by atoms with E-state index in [1.807, 2.05) is 0 Å². The smallest absolute Gasteiger partial charge is 0.191 e. The van der Waals surface area contributed by atoms with Crippen LogP contribution < -0.4 is 10.6 Å². The third kappa shape index (κ3) is 7.99. The first kappa shape index (κ1) is 20.0. The van der Waals surface area contributed by atoms with Gasteiger partial charge in [-0.2, -0.15) is 0 Å². The number of rotatable bonds is 7. The van der Waals surface area contributed by atoms with Crippen LogP contribution in [0.5, 0.6) is 0 Å². The molecule has 0 unspecified atom stereocenters. The number of nitrogens with one attached hydrogen (secondary N) is 2. The van der Waals surface area contributed by atoms with Crippen LogP contribution in [0.15, 0.2) is 4.99 Å². The van der Waals surface area contributed by atoms with Gasteiger partial charge in [0.05, 0.1) is 5.75 Å². The highest BCUT2D eigenvalue weighted by atomic mass is 127. The van der Waals surface area contributed by atoms with Gasteiger partial charge < -0.3 is 10.6 Å². The third-order valence-corrected chi connectivity index (χ3v) is 6.00. The summed E-state index contributed by atoms with van der Waals surface area (Å²) in [7, 11) is -2.91. The van der Waals surface area contributed by atoms with Gasteiger partial charge >= 0.3 is 0 Å². The summed E-state index contributed by atoms with van der Waals surface area (Å²) in [6, 6.07) is 0.533. The maximum atomic E-state index is 11.5. The highest BCUT2D eigenvalue weighted by molar-refractivity contribution is 14.0. The Morgan fingerprint density at radius 3 is 2.41 bits per heavy atom. The predicted octanol–water partition coefficient (Wildman–Crippen LogP) is 2.32. The van der Waals surface area contributed by atoms with Crippen molar-refractivity contribution in [2.24, 2.45) is 10.9 Å². The molecule has 0 heterocycles.